The number of non-ortho nitro benzene ring substituents is 1. The second-order valence-corrected chi connectivity index (χ2v) is 4.65. The molecule has 0 unspecified atom stereocenters. The number of aromatic nitrogens is 1. The van der Waals surface area contributed by atoms with Crippen LogP contribution in [-0.4, -0.2) is 9.91 Å². The van der Waals surface area contributed by atoms with Gasteiger partial charge in [0.05, 0.1) is 4.92 Å². The fraction of sp³-hybridized carbons (Fsp3) is 0.0625. The molecule has 3 rings (SSSR count). The van der Waals surface area contributed by atoms with E-state index in [1.54, 1.807) is 18.2 Å². The number of benzene rings is 2. The Morgan fingerprint density at radius 1 is 1.10 bits per heavy atom. The van der Waals surface area contributed by atoms with Crippen molar-refractivity contribution in [3.63, 3.8) is 0 Å². The minimum atomic E-state index is -0.439. The fourth-order valence-corrected chi connectivity index (χ4v) is 2.10. The highest BCUT2D eigenvalue weighted by Gasteiger charge is 2.15. The third-order valence-corrected chi connectivity index (χ3v) is 3.16. The lowest BCUT2D eigenvalue weighted by Gasteiger charge is -2.08. The summed E-state index contributed by atoms with van der Waals surface area (Å²) < 4.78 is 5.82. The van der Waals surface area contributed by atoms with E-state index in [0.717, 1.165) is 5.56 Å². The summed E-state index contributed by atoms with van der Waals surface area (Å²) in [5.41, 5.74) is 1.44. The minimum Gasteiger partial charge on any atom is -0.457 e. The molecule has 104 valence electrons. The van der Waals surface area contributed by atoms with Crippen LogP contribution in [0.5, 0.6) is 11.5 Å². The summed E-state index contributed by atoms with van der Waals surface area (Å²) in [5, 5.41) is 11.7. The smallest absolute Gasteiger partial charge is 0.295 e. The third-order valence-electron chi connectivity index (χ3n) is 3.16. The number of ether oxygens (including phenoxy) is 1. The standard InChI is InChI=1S/C16H12N2O3/c1-11-5-7-12(8-6-11)21-15-9-10-17-16-13(15)3-2-4-14(16)18(19)20/h2-10H,1H3. The second-order valence-electron chi connectivity index (χ2n) is 4.65. The van der Waals surface area contributed by atoms with E-state index in [1.807, 2.05) is 31.2 Å². The van der Waals surface area contributed by atoms with Crippen LogP contribution >= 0.6 is 0 Å². The van der Waals surface area contributed by atoms with Crippen molar-refractivity contribution in [3.8, 4) is 11.5 Å². The van der Waals surface area contributed by atoms with Crippen molar-refractivity contribution in [1.82, 2.24) is 4.98 Å². The van der Waals surface area contributed by atoms with Crippen molar-refractivity contribution in [2.75, 3.05) is 0 Å². The number of para-hydroxylation sites is 1. The molecule has 0 bridgehead atoms. The van der Waals surface area contributed by atoms with Gasteiger partial charge in [0, 0.05) is 17.6 Å². The van der Waals surface area contributed by atoms with E-state index < -0.39 is 4.92 Å². The van der Waals surface area contributed by atoms with Crippen molar-refractivity contribution in [2.45, 2.75) is 6.92 Å². The number of pyridine rings is 1. The zero-order valence-corrected chi connectivity index (χ0v) is 11.3. The van der Waals surface area contributed by atoms with Crippen LogP contribution in [0.4, 0.5) is 5.69 Å². The highest BCUT2D eigenvalue weighted by Crippen LogP contribution is 2.32. The molecule has 0 aliphatic rings. The molecule has 5 heteroatoms. The Bertz CT molecular complexity index is 813. The molecule has 3 aromatic rings. The topological polar surface area (TPSA) is 65.3 Å². The summed E-state index contributed by atoms with van der Waals surface area (Å²) in [6.45, 7) is 2.00. The van der Waals surface area contributed by atoms with Gasteiger partial charge >= 0.3 is 0 Å². The molecular weight excluding hydrogens is 268 g/mol. The van der Waals surface area contributed by atoms with Gasteiger partial charge in [-0.15, -0.1) is 0 Å². The lowest BCUT2D eigenvalue weighted by Crippen LogP contribution is -1.93. The largest absolute Gasteiger partial charge is 0.457 e. The maximum absolute atomic E-state index is 11.0. The van der Waals surface area contributed by atoms with Gasteiger partial charge in [0.2, 0.25) is 0 Å². The van der Waals surface area contributed by atoms with E-state index in [2.05, 4.69) is 4.98 Å². The van der Waals surface area contributed by atoms with E-state index >= 15 is 0 Å². The number of hydrogen-bond donors (Lipinski definition) is 0. The number of nitro benzene ring substituents is 1. The quantitative estimate of drug-likeness (QED) is 0.531. The molecule has 0 radical (unpaired) electrons. The summed E-state index contributed by atoms with van der Waals surface area (Å²) >= 11 is 0. The van der Waals surface area contributed by atoms with Crippen LogP contribution in [0.25, 0.3) is 10.9 Å². The van der Waals surface area contributed by atoms with Crippen LogP contribution < -0.4 is 4.74 Å². The number of fused-ring (bicyclic) bond motifs is 1. The first-order chi connectivity index (χ1) is 10.1. The second kappa shape index (κ2) is 5.20. The van der Waals surface area contributed by atoms with Crippen molar-refractivity contribution in [1.29, 1.82) is 0 Å². The molecule has 1 heterocycles. The molecule has 0 aliphatic carbocycles. The first-order valence-electron chi connectivity index (χ1n) is 6.42. The highest BCUT2D eigenvalue weighted by atomic mass is 16.6. The van der Waals surface area contributed by atoms with Gasteiger partial charge in [0.1, 0.15) is 11.5 Å². The third kappa shape index (κ3) is 2.53. The molecule has 5 nitrogen and oxygen atoms in total. The van der Waals surface area contributed by atoms with Crippen LogP contribution in [0.3, 0.4) is 0 Å². The summed E-state index contributed by atoms with van der Waals surface area (Å²) in [4.78, 5) is 14.7. The van der Waals surface area contributed by atoms with Crippen molar-refractivity contribution in [3.05, 3.63) is 70.4 Å². The molecule has 0 fully saturated rings. The summed E-state index contributed by atoms with van der Waals surface area (Å²) in [7, 11) is 0. The van der Waals surface area contributed by atoms with Crippen molar-refractivity contribution < 1.29 is 9.66 Å². The normalized spacial score (nSPS) is 10.5. The Hall–Kier alpha value is -2.95. The SMILES string of the molecule is Cc1ccc(Oc2ccnc3c([N+](=O)[O-])cccc23)cc1. The molecule has 0 atom stereocenters. The van der Waals surface area contributed by atoms with Gasteiger partial charge in [-0.25, -0.2) is 4.98 Å². The van der Waals surface area contributed by atoms with Crippen LogP contribution in [0.15, 0.2) is 54.7 Å². The van der Waals surface area contributed by atoms with E-state index in [-0.39, 0.29) is 5.69 Å². The molecule has 21 heavy (non-hydrogen) atoms. The van der Waals surface area contributed by atoms with Gasteiger partial charge in [-0.3, -0.25) is 10.1 Å². The maximum atomic E-state index is 11.0. The molecular formula is C16H12N2O3. The summed E-state index contributed by atoms with van der Waals surface area (Å²) in [5.74, 6) is 1.23. The first-order valence-corrected chi connectivity index (χ1v) is 6.42. The van der Waals surface area contributed by atoms with Gasteiger partial charge in [-0.1, -0.05) is 23.8 Å². The molecule has 1 aromatic heterocycles. The Morgan fingerprint density at radius 2 is 1.86 bits per heavy atom. The number of rotatable bonds is 3. The van der Waals surface area contributed by atoms with Crippen LogP contribution in [0.1, 0.15) is 5.56 Å². The van der Waals surface area contributed by atoms with Gasteiger partial charge in [-0.2, -0.15) is 0 Å². The van der Waals surface area contributed by atoms with Crippen LogP contribution in [0.2, 0.25) is 0 Å². The lowest BCUT2D eigenvalue weighted by atomic mass is 10.2. The zero-order valence-electron chi connectivity index (χ0n) is 11.3. The fourth-order valence-electron chi connectivity index (χ4n) is 2.10. The molecule has 0 saturated carbocycles. The minimum absolute atomic E-state index is 0.0261. The number of nitro groups is 1. The number of hydrogen-bond acceptors (Lipinski definition) is 4. The zero-order chi connectivity index (χ0) is 14.8. The molecule has 0 amide bonds. The average Bonchev–Trinajstić information content (AvgIpc) is 2.49. The number of nitrogens with zero attached hydrogens (tertiary/aromatic N) is 2. The summed E-state index contributed by atoms with van der Waals surface area (Å²) in [6, 6.07) is 14.1. The van der Waals surface area contributed by atoms with Gasteiger partial charge in [0.25, 0.3) is 5.69 Å². The van der Waals surface area contributed by atoms with E-state index in [0.29, 0.717) is 22.4 Å². The predicted molar refractivity (Wildman–Crippen MR) is 79.7 cm³/mol. The molecule has 0 saturated heterocycles. The van der Waals surface area contributed by atoms with E-state index in [9.17, 15) is 10.1 Å². The van der Waals surface area contributed by atoms with E-state index in [1.165, 1.54) is 12.3 Å². The monoisotopic (exact) mass is 280 g/mol. The van der Waals surface area contributed by atoms with Crippen molar-refractivity contribution in [2.24, 2.45) is 0 Å². The first kappa shape index (κ1) is 13.1. The van der Waals surface area contributed by atoms with Crippen molar-refractivity contribution >= 4 is 16.6 Å². The Kier molecular flexibility index (Phi) is 3.23. The van der Waals surface area contributed by atoms with Gasteiger partial charge in [-0.05, 0) is 31.2 Å². The van der Waals surface area contributed by atoms with E-state index in [4.69, 9.17) is 4.74 Å². The highest BCUT2D eigenvalue weighted by molar-refractivity contribution is 5.91. The molecule has 0 aliphatic heterocycles. The van der Waals surface area contributed by atoms with Gasteiger partial charge in [0.15, 0.2) is 5.52 Å². The molecule has 0 N–H and O–H groups in total. The van der Waals surface area contributed by atoms with Gasteiger partial charge < -0.3 is 4.74 Å². The Morgan fingerprint density at radius 3 is 2.57 bits per heavy atom. The molecule has 2 aromatic carbocycles. The molecule has 0 spiro atoms. The Balaban J connectivity index is 2.09. The van der Waals surface area contributed by atoms with Crippen LogP contribution in [-0.2, 0) is 0 Å². The maximum Gasteiger partial charge on any atom is 0.295 e. The number of aryl methyl sites for hydroxylation is 1. The van der Waals surface area contributed by atoms with Crippen LogP contribution in [0, 0.1) is 17.0 Å². The predicted octanol–water partition coefficient (Wildman–Crippen LogP) is 4.24. The average molecular weight is 280 g/mol. The summed E-state index contributed by atoms with van der Waals surface area (Å²) in [6.07, 6.45) is 1.51. The lowest BCUT2D eigenvalue weighted by molar-refractivity contribution is -0.383. The Labute approximate surface area is 121 Å².